The van der Waals surface area contributed by atoms with E-state index in [2.05, 4.69) is 20.7 Å². The molecule has 0 saturated carbocycles. The van der Waals surface area contributed by atoms with Gasteiger partial charge in [-0.15, -0.1) is 0 Å². The Bertz CT molecular complexity index is 380. The van der Waals surface area contributed by atoms with E-state index in [-0.39, 0.29) is 5.97 Å². The van der Waals surface area contributed by atoms with Crippen molar-refractivity contribution >= 4 is 28.0 Å². The molecule has 78 valence electrons. The van der Waals surface area contributed by atoms with Crippen molar-refractivity contribution in [2.45, 2.75) is 0 Å². The third-order valence-corrected chi connectivity index (χ3v) is 2.30. The number of carbonyl (C=O) groups is 1. The van der Waals surface area contributed by atoms with Crippen LogP contribution in [0, 0.1) is 0 Å². The molecule has 0 aliphatic carbocycles. The van der Waals surface area contributed by atoms with Gasteiger partial charge in [-0.2, -0.15) is 0 Å². The van der Waals surface area contributed by atoms with E-state index in [1.165, 1.54) is 7.11 Å². The molecule has 1 aromatic carbocycles. The maximum absolute atomic E-state index is 11.0. The molecule has 1 aromatic rings. The Morgan fingerprint density at radius 3 is 2.60 bits per heavy atom. The van der Waals surface area contributed by atoms with Gasteiger partial charge in [0.1, 0.15) is 4.48 Å². The van der Waals surface area contributed by atoms with Crippen molar-refractivity contribution < 1.29 is 9.53 Å². The molecule has 0 amide bonds. The van der Waals surface area contributed by atoms with Crippen LogP contribution in [0.2, 0.25) is 0 Å². The zero-order chi connectivity index (χ0) is 11.1. The summed E-state index contributed by atoms with van der Waals surface area (Å²) in [5, 5.41) is 0. The van der Waals surface area contributed by atoms with Crippen molar-refractivity contribution in [2.24, 2.45) is 0 Å². The van der Waals surface area contributed by atoms with Crippen LogP contribution in [-0.2, 0) is 9.53 Å². The maximum atomic E-state index is 11.0. The van der Waals surface area contributed by atoms with Gasteiger partial charge in [-0.1, -0.05) is 42.5 Å². The molecule has 0 N–H and O–H groups in total. The van der Waals surface area contributed by atoms with Gasteiger partial charge in [0.05, 0.1) is 7.11 Å². The van der Waals surface area contributed by atoms with Gasteiger partial charge in [0.2, 0.25) is 0 Å². The molecular weight excluding hydrogens is 256 g/mol. The average Bonchev–Trinajstić information content (AvgIpc) is 2.29. The highest BCUT2D eigenvalue weighted by molar-refractivity contribution is 9.12. The van der Waals surface area contributed by atoms with E-state index >= 15 is 0 Å². The first-order chi connectivity index (χ1) is 7.24. The van der Waals surface area contributed by atoms with Crippen molar-refractivity contribution in [1.82, 2.24) is 0 Å². The number of methoxy groups -OCH3 is 1. The quantitative estimate of drug-likeness (QED) is 0.477. The summed E-state index contributed by atoms with van der Waals surface area (Å²) in [6.45, 7) is 0. The number of carbonyl (C=O) groups excluding carboxylic acids is 1. The molecule has 0 radical (unpaired) electrons. The summed E-state index contributed by atoms with van der Waals surface area (Å²) < 4.78 is 4.93. The Morgan fingerprint density at radius 1 is 1.33 bits per heavy atom. The lowest BCUT2D eigenvalue weighted by molar-refractivity contribution is -0.135. The minimum Gasteiger partial charge on any atom is -0.465 e. The lowest BCUT2D eigenvalue weighted by Crippen LogP contribution is -1.98. The molecule has 1 rings (SSSR count). The van der Waals surface area contributed by atoms with Crippen LogP contribution in [0.4, 0.5) is 0 Å². The summed E-state index contributed by atoms with van der Waals surface area (Å²) in [6, 6.07) is 9.84. The Kier molecular flexibility index (Phi) is 4.84. The second-order valence-corrected chi connectivity index (χ2v) is 3.63. The number of esters is 1. The fraction of sp³-hybridized carbons (Fsp3) is 0.0833. The van der Waals surface area contributed by atoms with Gasteiger partial charge in [-0.05, 0) is 27.6 Å². The first-order valence-electron chi connectivity index (χ1n) is 4.41. The van der Waals surface area contributed by atoms with Gasteiger partial charge in [-0.25, -0.2) is 4.79 Å². The summed E-state index contributed by atoms with van der Waals surface area (Å²) in [4.78, 5) is 11.0. The van der Waals surface area contributed by atoms with Gasteiger partial charge >= 0.3 is 5.97 Å². The monoisotopic (exact) mass is 266 g/mol. The zero-order valence-electron chi connectivity index (χ0n) is 8.31. The minimum absolute atomic E-state index is 0.382. The number of hydrogen-bond acceptors (Lipinski definition) is 2. The predicted molar refractivity (Wildman–Crippen MR) is 64.5 cm³/mol. The Morgan fingerprint density at radius 2 is 2.00 bits per heavy atom. The summed E-state index contributed by atoms with van der Waals surface area (Å²) in [5.41, 5.74) is 1.08. The van der Waals surface area contributed by atoms with Gasteiger partial charge in [0.15, 0.2) is 0 Å². The Hall–Kier alpha value is -1.35. The van der Waals surface area contributed by atoms with Crippen molar-refractivity contribution in [3.05, 3.63) is 52.5 Å². The molecule has 0 bridgehead atoms. The number of benzene rings is 1. The highest BCUT2D eigenvalue weighted by Crippen LogP contribution is 2.08. The first-order valence-corrected chi connectivity index (χ1v) is 5.20. The summed E-state index contributed by atoms with van der Waals surface area (Å²) in [6.07, 6.45) is 5.35. The normalized spacial score (nSPS) is 11.7. The van der Waals surface area contributed by atoms with Crippen molar-refractivity contribution in [2.75, 3.05) is 7.11 Å². The number of ether oxygens (including phenoxy) is 1. The predicted octanol–water partition coefficient (Wildman–Crippen LogP) is 3.15. The Labute approximate surface area is 97.4 Å². The third kappa shape index (κ3) is 4.13. The van der Waals surface area contributed by atoms with Crippen molar-refractivity contribution in [3.8, 4) is 0 Å². The Balaban J connectivity index is 2.64. The summed E-state index contributed by atoms with van der Waals surface area (Å²) >= 11 is 3.11. The molecule has 0 aliphatic heterocycles. The van der Waals surface area contributed by atoms with Crippen LogP contribution in [0.1, 0.15) is 5.56 Å². The van der Waals surface area contributed by atoms with Crippen LogP contribution in [0.5, 0.6) is 0 Å². The van der Waals surface area contributed by atoms with Gasteiger partial charge in [-0.3, -0.25) is 0 Å². The summed E-state index contributed by atoms with van der Waals surface area (Å²) in [7, 11) is 1.35. The molecular formula is C12H11BrO2. The van der Waals surface area contributed by atoms with E-state index in [0.717, 1.165) is 5.56 Å². The lowest BCUT2D eigenvalue weighted by atomic mass is 10.2. The standard InChI is InChI=1S/C12H11BrO2/c1-15-12(14)11(13)9-5-8-10-6-3-2-4-7-10/h2-9H,1H3. The van der Waals surface area contributed by atoms with Crippen LogP contribution in [-0.4, -0.2) is 13.1 Å². The third-order valence-electron chi connectivity index (χ3n) is 1.71. The maximum Gasteiger partial charge on any atom is 0.344 e. The first kappa shape index (κ1) is 11.7. The molecule has 0 saturated heterocycles. The molecule has 0 heterocycles. The fourth-order valence-corrected chi connectivity index (χ4v) is 1.29. The molecule has 0 aliphatic rings. The van der Waals surface area contributed by atoms with Crippen LogP contribution in [0.15, 0.2) is 47.0 Å². The highest BCUT2D eigenvalue weighted by Gasteiger charge is 2.01. The van der Waals surface area contributed by atoms with E-state index in [9.17, 15) is 4.79 Å². The van der Waals surface area contributed by atoms with Crippen LogP contribution >= 0.6 is 15.9 Å². The molecule has 0 unspecified atom stereocenters. The van der Waals surface area contributed by atoms with Crippen molar-refractivity contribution in [1.29, 1.82) is 0 Å². The molecule has 0 spiro atoms. The van der Waals surface area contributed by atoms with Crippen molar-refractivity contribution in [3.63, 3.8) is 0 Å². The molecule has 0 atom stereocenters. The second kappa shape index (κ2) is 6.19. The fourth-order valence-electron chi connectivity index (χ4n) is 0.973. The topological polar surface area (TPSA) is 26.3 Å². The smallest absolute Gasteiger partial charge is 0.344 e. The highest BCUT2D eigenvalue weighted by atomic mass is 79.9. The van der Waals surface area contributed by atoms with Crippen LogP contribution in [0.25, 0.3) is 6.08 Å². The SMILES string of the molecule is COC(=O)C(Br)=CC=Cc1ccccc1. The minimum atomic E-state index is -0.382. The van der Waals surface area contributed by atoms with Gasteiger partial charge in [0, 0.05) is 0 Å². The van der Waals surface area contributed by atoms with Gasteiger partial charge in [0.25, 0.3) is 0 Å². The summed E-state index contributed by atoms with van der Waals surface area (Å²) in [5.74, 6) is -0.382. The van der Waals surface area contributed by atoms with E-state index in [0.29, 0.717) is 4.48 Å². The van der Waals surface area contributed by atoms with E-state index < -0.39 is 0 Å². The second-order valence-electron chi connectivity index (χ2n) is 2.78. The average molecular weight is 267 g/mol. The van der Waals surface area contributed by atoms with E-state index in [1.807, 2.05) is 36.4 Å². The molecule has 15 heavy (non-hydrogen) atoms. The molecule has 2 nitrogen and oxygen atoms in total. The van der Waals surface area contributed by atoms with Crippen LogP contribution in [0.3, 0.4) is 0 Å². The number of allylic oxidation sites excluding steroid dienone is 2. The molecule has 3 heteroatoms. The van der Waals surface area contributed by atoms with E-state index in [4.69, 9.17) is 0 Å². The zero-order valence-corrected chi connectivity index (χ0v) is 9.90. The van der Waals surface area contributed by atoms with E-state index in [1.54, 1.807) is 12.2 Å². The number of rotatable bonds is 3. The largest absolute Gasteiger partial charge is 0.465 e. The number of halogens is 1. The number of hydrogen-bond donors (Lipinski definition) is 0. The van der Waals surface area contributed by atoms with Gasteiger partial charge < -0.3 is 4.74 Å². The van der Waals surface area contributed by atoms with Crippen LogP contribution < -0.4 is 0 Å². The molecule has 0 aromatic heterocycles. The molecule has 0 fully saturated rings. The lowest BCUT2D eigenvalue weighted by Gasteiger charge is -1.93.